The summed E-state index contributed by atoms with van der Waals surface area (Å²) in [5.74, 6) is 0.574. The molecule has 1 saturated heterocycles. The number of fused-ring (bicyclic) bond motifs is 1. The van der Waals surface area contributed by atoms with Crippen molar-refractivity contribution in [2.24, 2.45) is 0 Å². The average Bonchev–Trinajstić information content (AvgIpc) is 3.29. The molecule has 2 N–H and O–H groups in total. The SMILES string of the molecule is CC1(C)CC(c2ccccc2)Nc2c(C(=O)N3CCC(c4cc(F)ccc4CO)CC3)cnn21. The number of aromatic nitrogens is 2. The molecular weight excluding hydrogens is 431 g/mol. The molecule has 34 heavy (non-hydrogen) atoms. The first kappa shape index (κ1) is 22.6. The minimum atomic E-state index is -0.293. The highest BCUT2D eigenvalue weighted by molar-refractivity contribution is 5.99. The van der Waals surface area contributed by atoms with E-state index in [1.807, 2.05) is 27.8 Å². The largest absolute Gasteiger partial charge is 0.392 e. The Hall–Kier alpha value is -3.19. The molecule has 6 nitrogen and oxygen atoms in total. The van der Waals surface area contributed by atoms with Crippen LogP contribution in [0.1, 0.15) is 72.1 Å². The van der Waals surface area contributed by atoms with Crippen molar-refractivity contribution in [3.63, 3.8) is 0 Å². The van der Waals surface area contributed by atoms with Crippen molar-refractivity contribution in [1.82, 2.24) is 14.7 Å². The fourth-order valence-corrected chi connectivity index (χ4v) is 5.45. The third kappa shape index (κ3) is 4.09. The molecule has 0 spiro atoms. The van der Waals surface area contributed by atoms with Gasteiger partial charge in [0.2, 0.25) is 0 Å². The van der Waals surface area contributed by atoms with Crippen LogP contribution in [-0.2, 0) is 12.1 Å². The van der Waals surface area contributed by atoms with Gasteiger partial charge in [-0.1, -0.05) is 36.4 Å². The van der Waals surface area contributed by atoms with Gasteiger partial charge in [0.1, 0.15) is 17.2 Å². The maximum absolute atomic E-state index is 13.8. The van der Waals surface area contributed by atoms with Crippen molar-refractivity contribution >= 4 is 11.7 Å². The second kappa shape index (κ2) is 8.87. The molecule has 0 saturated carbocycles. The van der Waals surface area contributed by atoms with Gasteiger partial charge in [0.25, 0.3) is 5.91 Å². The molecule has 3 aromatic rings. The molecule has 1 unspecified atom stereocenters. The van der Waals surface area contributed by atoms with E-state index >= 15 is 0 Å². The zero-order valence-electron chi connectivity index (χ0n) is 19.7. The molecule has 2 aliphatic rings. The first-order chi connectivity index (χ1) is 16.4. The highest BCUT2D eigenvalue weighted by Gasteiger charge is 2.38. The Kier molecular flexibility index (Phi) is 5.90. The number of benzene rings is 2. The first-order valence-electron chi connectivity index (χ1n) is 12.0. The summed E-state index contributed by atoms with van der Waals surface area (Å²) in [5.41, 5.74) is 3.16. The van der Waals surface area contributed by atoms with Gasteiger partial charge in [-0.15, -0.1) is 0 Å². The third-order valence-corrected chi connectivity index (χ3v) is 7.29. The Morgan fingerprint density at radius 1 is 1.18 bits per heavy atom. The van der Waals surface area contributed by atoms with Gasteiger partial charge < -0.3 is 15.3 Å². The number of hydrogen-bond donors (Lipinski definition) is 2. The van der Waals surface area contributed by atoms with E-state index in [1.165, 1.54) is 17.7 Å². The second-order valence-corrected chi connectivity index (χ2v) is 10.0. The van der Waals surface area contributed by atoms with Crippen LogP contribution in [0, 0.1) is 5.82 Å². The van der Waals surface area contributed by atoms with E-state index in [0.717, 1.165) is 36.2 Å². The highest BCUT2D eigenvalue weighted by Crippen LogP contribution is 2.40. The van der Waals surface area contributed by atoms with Crippen LogP contribution < -0.4 is 5.32 Å². The van der Waals surface area contributed by atoms with Gasteiger partial charge >= 0.3 is 0 Å². The number of aliphatic hydroxyl groups is 1. The molecule has 178 valence electrons. The average molecular weight is 463 g/mol. The summed E-state index contributed by atoms with van der Waals surface area (Å²) in [6.45, 7) is 5.36. The van der Waals surface area contributed by atoms with Crippen molar-refractivity contribution in [1.29, 1.82) is 0 Å². The number of carbonyl (C=O) groups excluding carboxylic acids is 1. The van der Waals surface area contributed by atoms with E-state index in [9.17, 15) is 14.3 Å². The van der Waals surface area contributed by atoms with Crippen LogP contribution in [0.15, 0.2) is 54.7 Å². The monoisotopic (exact) mass is 462 g/mol. The van der Waals surface area contributed by atoms with Crippen LogP contribution in [0.25, 0.3) is 0 Å². The molecule has 1 atom stereocenters. The molecular formula is C27H31FN4O2. The van der Waals surface area contributed by atoms with Crippen LogP contribution in [0.5, 0.6) is 0 Å². The van der Waals surface area contributed by atoms with Gasteiger partial charge in [0, 0.05) is 13.1 Å². The number of piperidine rings is 1. The number of nitrogens with one attached hydrogen (secondary N) is 1. The van der Waals surface area contributed by atoms with Gasteiger partial charge in [-0.25, -0.2) is 9.07 Å². The molecule has 5 rings (SSSR count). The smallest absolute Gasteiger partial charge is 0.259 e. The lowest BCUT2D eigenvalue weighted by atomic mass is 9.86. The van der Waals surface area contributed by atoms with E-state index in [-0.39, 0.29) is 35.8 Å². The molecule has 2 aliphatic heterocycles. The first-order valence-corrected chi connectivity index (χ1v) is 12.0. The molecule has 0 aliphatic carbocycles. The van der Waals surface area contributed by atoms with E-state index in [4.69, 9.17) is 0 Å². The Bertz CT molecular complexity index is 1180. The van der Waals surface area contributed by atoms with Gasteiger partial charge in [-0.3, -0.25) is 4.79 Å². The number of halogens is 1. The molecule has 2 aromatic carbocycles. The lowest BCUT2D eigenvalue weighted by Gasteiger charge is -2.39. The maximum atomic E-state index is 13.8. The Balaban J connectivity index is 1.35. The quantitative estimate of drug-likeness (QED) is 0.583. The summed E-state index contributed by atoms with van der Waals surface area (Å²) < 4.78 is 15.8. The molecule has 7 heteroatoms. The molecule has 3 heterocycles. The normalized spacial score (nSPS) is 20.0. The number of likely N-dealkylation sites (tertiary alicyclic amines) is 1. The zero-order chi connectivity index (χ0) is 23.9. The van der Waals surface area contributed by atoms with Gasteiger partial charge in [-0.2, -0.15) is 5.10 Å². The van der Waals surface area contributed by atoms with Crippen molar-refractivity contribution < 1.29 is 14.3 Å². The fourth-order valence-electron chi connectivity index (χ4n) is 5.45. The molecule has 1 aromatic heterocycles. The van der Waals surface area contributed by atoms with E-state index in [1.54, 1.807) is 12.3 Å². The highest BCUT2D eigenvalue weighted by atomic mass is 19.1. The van der Waals surface area contributed by atoms with Crippen LogP contribution in [0.2, 0.25) is 0 Å². The number of hydrogen-bond acceptors (Lipinski definition) is 4. The number of amides is 1. The lowest BCUT2D eigenvalue weighted by molar-refractivity contribution is 0.0713. The second-order valence-electron chi connectivity index (χ2n) is 10.0. The summed E-state index contributed by atoms with van der Waals surface area (Å²) in [6.07, 6.45) is 4.02. The van der Waals surface area contributed by atoms with Gasteiger partial charge in [0.15, 0.2) is 0 Å². The van der Waals surface area contributed by atoms with E-state index < -0.39 is 0 Å². The van der Waals surface area contributed by atoms with Crippen LogP contribution >= 0.6 is 0 Å². The van der Waals surface area contributed by atoms with Gasteiger partial charge in [-0.05, 0) is 67.9 Å². The third-order valence-electron chi connectivity index (χ3n) is 7.29. The minimum Gasteiger partial charge on any atom is -0.392 e. The molecule has 0 radical (unpaired) electrons. The summed E-state index contributed by atoms with van der Waals surface area (Å²) >= 11 is 0. The Morgan fingerprint density at radius 3 is 2.62 bits per heavy atom. The standard InChI is InChI=1S/C27H31FN4O2/c1-27(2)15-24(19-6-4-3-5-7-19)30-25-23(16-29-32(25)27)26(34)31-12-10-18(11-13-31)22-14-21(28)9-8-20(22)17-33/h3-9,14,16,18,24,30,33H,10-13,15,17H2,1-2H3. The van der Waals surface area contributed by atoms with Crippen LogP contribution in [-0.4, -0.2) is 38.8 Å². The summed E-state index contributed by atoms with van der Waals surface area (Å²) in [7, 11) is 0. The molecule has 1 fully saturated rings. The zero-order valence-corrected chi connectivity index (χ0v) is 19.7. The predicted molar refractivity (Wildman–Crippen MR) is 129 cm³/mol. The predicted octanol–water partition coefficient (Wildman–Crippen LogP) is 4.83. The topological polar surface area (TPSA) is 70.4 Å². The summed E-state index contributed by atoms with van der Waals surface area (Å²) in [6, 6.07) is 15.0. The van der Waals surface area contributed by atoms with Crippen molar-refractivity contribution in [3.8, 4) is 0 Å². The Morgan fingerprint density at radius 2 is 1.91 bits per heavy atom. The van der Waals surface area contributed by atoms with E-state index in [0.29, 0.717) is 18.7 Å². The maximum Gasteiger partial charge on any atom is 0.259 e. The summed E-state index contributed by atoms with van der Waals surface area (Å²) in [4.78, 5) is 15.4. The van der Waals surface area contributed by atoms with Crippen LogP contribution in [0.4, 0.5) is 10.2 Å². The number of nitrogens with zero attached hydrogens (tertiary/aromatic N) is 3. The Labute approximate surface area is 199 Å². The number of carbonyl (C=O) groups is 1. The molecule has 0 bridgehead atoms. The van der Waals surface area contributed by atoms with Crippen LogP contribution in [0.3, 0.4) is 0 Å². The van der Waals surface area contributed by atoms with Crippen molar-refractivity contribution in [3.05, 3.63) is 82.8 Å². The molecule has 1 amide bonds. The minimum absolute atomic E-state index is 0.0293. The number of anilines is 1. The summed E-state index contributed by atoms with van der Waals surface area (Å²) in [5, 5.41) is 17.8. The number of rotatable bonds is 4. The van der Waals surface area contributed by atoms with Crippen molar-refractivity contribution in [2.75, 3.05) is 18.4 Å². The van der Waals surface area contributed by atoms with E-state index in [2.05, 4.69) is 36.4 Å². The fraction of sp³-hybridized carbons (Fsp3) is 0.407. The van der Waals surface area contributed by atoms with Crippen molar-refractivity contribution in [2.45, 2.75) is 57.2 Å². The number of aliphatic hydroxyl groups excluding tert-OH is 1. The van der Waals surface area contributed by atoms with Gasteiger partial charge in [0.05, 0.1) is 24.4 Å². The lowest BCUT2D eigenvalue weighted by Crippen LogP contribution is -2.40.